The van der Waals surface area contributed by atoms with Crippen LogP contribution >= 0.6 is 11.8 Å². The molecular formula is C21H25N3OS. The SMILES string of the molecule is CCCc1ccc(C#N)c(SCCC(=O)Nc2ccc(C(C)C)cc2)n1. The summed E-state index contributed by atoms with van der Waals surface area (Å²) in [5.74, 6) is 1.03. The molecular weight excluding hydrogens is 342 g/mol. The van der Waals surface area contributed by atoms with Crippen LogP contribution in [0.4, 0.5) is 5.69 Å². The molecule has 2 aromatic rings. The zero-order valence-corrected chi connectivity index (χ0v) is 16.4. The van der Waals surface area contributed by atoms with Gasteiger partial charge in [-0.3, -0.25) is 4.79 Å². The Morgan fingerprint density at radius 2 is 1.96 bits per heavy atom. The van der Waals surface area contributed by atoms with Crippen molar-refractivity contribution in [3.63, 3.8) is 0 Å². The van der Waals surface area contributed by atoms with E-state index in [1.807, 2.05) is 36.4 Å². The fraction of sp³-hybridized carbons (Fsp3) is 0.381. The highest BCUT2D eigenvalue weighted by atomic mass is 32.2. The Labute approximate surface area is 160 Å². The van der Waals surface area contributed by atoms with Crippen molar-refractivity contribution < 1.29 is 4.79 Å². The Morgan fingerprint density at radius 3 is 2.58 bits per heavy atom. The number of aryl methyl sites for hydroxylation is 1. The normalized spacial score (nSPS) is 10.6. The zero-order chi connectivity index (χ0) is 18.9. The third-order valence-corrected chi connectivity index (χ3v) is 4.97. The number of amides is 1. The Morgan fingerprint density at radius 1 is 1.23 bits per heavy atom. The van der Waals surface area contributed by atoms with E-state index in [2.05, 4.69) is 37.1 Å². The van der Waals surface area contributed by atoms with Gasteiger partial charge in [0, 0.05) is 23.6 Å². The van der Waals surface area contributed by atoms with Gasteiger partial charge >= 0.3 is 0 Å². The van der Waals surface area contributed by atoms with Crippen molar-refractivity contribution in [2.24, 2.45) is 0 Å². The molecule has 26 heavy (non-hydrogen) atoms. The Balaban J connectivity index is 1.88. The highest BCUT2D eigenvalue weighted by Crippen LogP contribution is 2.22. The maximum absolute atomic E-state index is 12.1. The van der Waals surface area contributed by atoms with Crippen LogP contribution in [-0.4, -0.2) is 16.6 Å². The van der Waals surface area contributed by atoms with Gasteiger partial charge in [-0.1, -0.05) is 39.3 Å². The molecule has 0 saturated heterocycles. The molecule has 0 radical (unpaired) electrons. The first-order chi connectivity index (χ1) is 12.5. The van der Waals surface area contributed by atoms with Crippen LogP contribution in [0.2, 0.25) is 0 Å². The van der Waals surface area contributed by atoms with Crippen LogP contribution in [0.1, 0.15) is 56.4 Å². The number of rotatable bonds is 8. The third kappa shape index (κ3) is 5.89. The molecule has 0 unspecified atom stereocenters. The number of nitriles is 1. The topological polar surface area (TPSA) is 65.8 Å². The molecule has 0 fully saturated rings. The lowest BCUT2D eigenvalue weighted by molar-refractivity contribution is -0.115. The second kappa shape index (κ2) is 9.98. The fourth-order valence-corrected chi connectivity index (χ4v) is 3.42. The van der Waals surface area contributed by atoms with Gasteiger partial charge in [0.25, 0.3) is 0 Å². The van der Waals surface area contributed by atoms with Crippen LogP contribution in [0.5, 0.6) is 0 Å². The molecule has 4 nitrogen and oxygen atoms in total. The van der Waals surface area contributed by atoms with Crippen molar-refractivity contribution in [3.05, 3.63) is 53.2 Å². The first-order valence-electron chi connectivity index (χ1n) is 8.96. The number of pyridine rings is 1. The van der Waals surface area contributed by atoms with Crippen molar-refractivity contribution in [1.82, 2.24) is 4.98 Å². The number of thioether (sulfide) groups is 1. The van der Waals surface area contributed by atoms with Crippen molar-refractivity contribution in [2.45, 2.75) is 51.0 Å². The molecule has 0 atom stereocenters. The first-order valence-corrected chi connectivity index (χ1v) is 9.94. The maximum atomic E-state index is 12.1. The molecule has 1 aromatic heterocycles. The van der Waals surface area contributed by atoms with Gasteiger partial charge in [-0.05, 0) is 42.2 Å². The molecule has 0 aliphatic heterocycles. The fourth-order valence-electron chi connectivity index (χ4n) is 2.48. The summed E-state index contributed by atoms with van der Waals surface area (Å²) in [5.41, 5.74) is 3.62. The standard InChI is InChI=1S/C21H25N3OS/c1-4-5-18-11-8-17(14-22)21(24-18)26-13-12-20(25)23-19-9-6-16(7-10-19)15(2)3/h6-11,15H,4-5,12-13H2,1-3H3,(H,23,25). The average Bonchev–Trinajstić information content (AvgIpc) is 2.62. The molecule has 5 heteroatoms. The largest absolute Gasteiger partial charge is 0.326 e. The molecule has 0 spiro atoms. The number of nitrogens with zero attached hydrogens (tertiary/aromatic N) is 2. The monoisotopic (exact) mass is 367 g/mol. The zero-order valence-electron chi connectivity index (χ0n) is 15.6. The van der Waals surface area contributed by atoms with E-state index in [4.69, 9.17) is 0 Å². The number of carbonyl (C=O) groups excluding carboxylic acids is 1. The molecule has 1 N–H and O–H groups in total. The van der Waals surface area contributed by atoms with Gasteiger partial charge in [0.2, 0.25) is 5.91 Å². The van der Waals surface area contributed by atoms with Crippen LogP contribution < -0.4 is 5.32 Å². The number of hydrogen-bond donors (Lipinski definition) is 1. The molecule has 0 saturated carbocycles. The number of benzene rings is 1. The number of aromatic nitrogens is 1. The van der Waals surface area contributed by atoms with Crippen molar-refractivity contribution >= 4 is 23.4 Å². The second-order valence-corrected chi connectivity index (χ2v) is 7.52. The summed E-state index contributed by atoms with van der Waals surface area (Å²) in [6.45, 7) is 6.39. The average molecular weight is 368 g/mol. The van der Waals surface area contributed by atoms with Gasteiger partial charge in [-0.15, -0.1) is 11.8 Å². The van der Waals surface area contributed by atoms with E-state index in [0.29, 0.717) is 28.7 Å². The predicted molar refractivity (Wildman–Crippen MR) is 107 cm³/mol. The highest BCUT2D eigenvalue weighted by Gasteiger charge is 2.09. The summed E-state index contributed by atoms with van der Waals surface area (Å²) in [6, 6.07) is 13.8. The number of anilines is 1. The lowest BCUT2D eigenvalue weighted by atomic mass is 10.0. The third-order valence-electron chi connectivity index (χ3n) is 3.97. The van der Waals surface area contributed by atoms with Crippen molar-refractivity contribution in [1.29, 1.82) is 5.26 Å². The minimum Gasteiger partial charge on any atom is -0.326 e. The van der Waals surface area contributed by atoms with Crippen LogP contribution in [0, 0.1) is 11.3 Å². The quantitative estimate of drug-likeness (QED) is 0.655. The van der Waals surface area contributed by atoms with Gasteiger partial charge in [0.05, 0.1) is 5.56 Å². The molecule has 1 aromatic carbocycles. The summed E-state index contributed by atoms with van der Waals surface area (Å²) >= 11 is 1.46. The summed E-state index contributed by atoms with van der Waals surface area (Å²) in [5, 5.41) is 12.9. The smallest absolute Gasteiger partial charge is 0.225 e. The predicted octanol–water partition coefficient (Wildman–Crippen LogP) is 5.15. The minimum absolute atomic E-state index is 0.0296. The minimum atomic E-state index is -0.0296. The molecule has 2 rings (SSSR count). The number of hydrogen-bond acceptors (Lipinski definition) is 4. The summed E-state index contributed by atoms with van der Waals surface area (Å²) in [4.78, 5) is 16.7. The lowest BCUT2D eigenvalue weighted by Crippen LogP contribution is -2.12. The summed E-state index contributed by atoms with van der Waals surface area (Å²) in [7, 11) is 0. The molecule has 0 aliphatic carbocycles. The van der Waals surface area contributed by atoms with Gasteiger partial charge in [0.1, 0.15) is 11.1 Å². The van der Waals surface area contributed by atoms with Crippen molar-refractivity contribution in [3.8, 4) is 6.07 Å². The Kier molecular flexibility index (Phi) is 7.68. The van der Waals surface area contributed by atoms with E-state index < -0.39 is 0 Å². The molecule has 1 heterocycles. The van der Waals surface area contributed by atoms with E-state index >= 15 is 0 Å². The van der Waals surface area contributed by atoms with E-state index in [1.54, 1.807) is 0 Å². The van der Waals surface area contributed by atoms with Crippen LogP contribution in [-0.2, 0) is 11.2 Å². The molecule has 0 aliphatic rings. The van der Waals surface area contributed by atoms with Crippen LogP contribution in [0.3, 0.4) is 0 Å². The maximum Gasteiger partial charge on any atom is 0.225 e. The number of nitrogens with one attached hydrogen (secondary N) is 1. The van der Waals surface area contributed by atoms with E-state index in [1.165, 1.54) is 17.3 Å². The summed E-state index contributed by atoms with van der Waals surface area (Å²) in [6.07, 6.45) is 2.29. The first kappa shape index (κ1) is 20.0. The molecule has 1 amide bonds. The Bertz CT molecular complexity index is 779. The highest BCUT2D eigenvalue weighted by molar-refractivity contribution is 7.99. The lowest BCUT2D eigenvalue weighted by Gasteiger charge is -2.09. The van der Waals surface area contributed by atoms with Gasteiger partial charge in [0.15, 0.2) is 0 Å². The van der Waals surface area contributed by atoms with Crippen LogP contribution in [0.15, 0.2) is 41.4 Å². The molecule has 136 valence electrons. The van der Waals surface area contributed by atoms with Gasteiger partial charge < -0.3 is 5.32 Å². The second-order valence-electron chi connectivity index (χ2n) is 6.44. The van der Waals surface area contributed by atoms with E-state index in [0.717, 1.165) is 24.2 Å². The summed E-state index contributed by atoms with van der Waals surface area (Å²) < 4.78 is 0. The molecule has 0 bridgehead atoms. The van der Waals surface area contributed by atoms with Crippen molar-refractivity contribution in [2.75, 3.05) is 11.1 Å². The van der Waals surface area contributed by atoms with E-state index in [-0.39, 0.29) is 5.91 Å². The Hall–Kier alpha value is -2.32. The van der Waals surface area contributed by atoms with Gasteiger partial charge in [-0.25, -0.2) is 4.98 Å². The van der Waals surface area contributed by atoms with Gasteiger partial charge in [-0.2, -0.15) is 5.26 Å². The van der Waals surface area contributed by atoms with Crippen LogP contribution in [0.25, 0.3) is 0 Å². The van der Waals surface area contributed by atoms with E-state index in [9.17, 15) is 10.1 Å². The number of carbonyl (C=O) groups is 1.